The van der Waals surface area contributed by atoms with Gasteiger partial charge in [-0.1, -0.05) is 6.58 Å². The highest BCUT2D eigenvalue weighted by molar-refractivity contribution is 7.72. The van der Waals surface area contributed by atoms with Gasteiger partial charge < -0.3 is 9.05 Å². The molecular formula is C10H19O4P. The quantitative estimate of drug-likeness (QED) is 0.523. The number of allylic oxidation sites excluding steroid dienone is 1. The van der Waals surface area contributed by atoms with Crippen LogP contribution in [0.4, 0.5) is 0 Å². The lowest BCUT2D eigenvalue weighted by Crippen LogP contribution is -2.14. The van der Waals surface area contributed by atoms with Crippen molar-refractivity contribution in [1.82, 2.24) is 0 Å². The van der Waals surface area contributed by atoms with Crippen LogP contribution in [-0.4, -0.2) is 17.7 Å². The standard InChI is InChI=1S/C10H19O4P/c1-7(2)10(11)15(12,13-8(3)4)14-9(5)6/h8-9H,1H2,2-6H3. The van der Waals surface area contributed by atoms with Crippen molar-refractivity contribution in [2.45, 2.75) is 46.8 Å². The zero-order chi connectivity index (χ0) is 12.2. The molecule has 0 aromatic carbocycles. The predicted octanol–water partition coefficient (Wildman–Crippen LogP) is 3.13. The summed E-state index contributed by atoms with van der Waals surface area (Å²) in [6.07, 6.45) is -0.671. The van der Waals surface area contributed by atoms with Crippen LogP contribution >= 0.6 is 7.60 Å². The van der Waals surface area contributed by atoms with E-state index in [2.05, 4.69) is 6.58 Å². The molecule has 0 atom stereocenters. The average Bonchev–Trinajstić information content (AvgIpc) is 1.99. The summed E-state index contributed by atoms with van der Waals surface area (Å²) in [4.78, 5) is 11.6. The average molecular weight is 234 g/mol. The van der Waals surface area contributed by atoms with Crippen molar-refractivity contribution >= 4 is 13.1 Å². The molecular weight excluding hydrogens is 215 g/mol. The Morgan fingerprint density at radius 2 is 1.47 bits per heavy atom. The maximum Gasteiger partial charge on any atom is 0.401 e. The molecule has 0 aliphatic heterocycles. The fourth-order valence-corrected chi connectivity index (χ4v) is 2.73. The summed E-state index contributed by atoms with van der Waals surface area (Å²) in [5.41, 5.74) is -0.468. The van der Waals surface area contributed by atoms with Crippen LogP contribution in [0, 0.1) is 0 Å². The molecule has 15 heavy (non-hydrogen) atoms. The Bertz CT molecular complexity index is 280. The lowest BCUT2D eigenvalue weighted by Gasteiger charge is -2.21. The van der Waals surface area contributed by atoms with Crippen molar-refractivity contribution in [3.05, 3.63) is 12.2 Å². The lowest BCUT2D eigenvalue weighted by molar-refractivity contribution is -0.111. The molecule has 88 valence electrons. The Hall–Kier alpha value is -0.440. The number of carbonyl (C=O) groups excluding carboxylic acids is 1. The number of hydrogen-bond acceptors (Lipinski definition) is 4. The zero-order valence-electron chi connectivity index (χ0n) is 9.94. The van der Waals surface area contributed by atoms with Crippen molar-refractivity contribution in [2.24, 2.45) is 0 Å². The first-order valence-electron chi connectivity index (χ1n) is 4.86. The third-order valence-corrected chi connectivity index (χ3v) is 3.59. The third-order valence-electron chi connectivity index (χ3n) is 1.31. The van der Waals surface area contributed by atoms with E-state index in [1.165, 1.54) is 6.92 Å². The molecule has 0 rings (SSSR count). The van der Waals surface area contributed by atoms with Gasteiger partial charge in [-0.2, -0.15) is 0 Å². The molecule has 0 spiro atoms. The molecule has 0 N–H and O–H groups in total. The van der Waals surface area contributed by atoms with Crippen LogP contribution in [-0.2, 0) is 18.4 Å². The van der Waals surface area contributed by atoms with E-state index in [9.17, 15) is 9.36 Å². The van der Waals surface area contributed by atoms with Gasteiger partial charge in [0.1, 0.15) is 0 Å². The van der Waals surface area contributed by atoms with E-state index in [4.69, 9.17) is 9.05 Å². The Kier molecular flexibility index (Phi) is 5.43. The van der Waals surface area contributed by atoms with Crippen molar-refractivity contribution in [3.63, 3.8) is 0 Å². The first-order valence-corrected chi connectivity index (χ1v) is 6.40. The molecule has 0 radical (unpaired) electrons. The highest BCUT2D eigenvalue weighted by Gasteiger charge is 2.37. The molecule has 0 aromatic rings. The molecule has 0 heterocycles. The van der Waals surface area contributed by atoms with Crippen LogP contribution in [0.15, 0.2) is 12.2 Å². The minimum Gasteiger partial charge on any atom is -0.300 e. The van der Waals surface area contributed by atoms with Gasteiger partial charge in [-0.3, -0.25) is 9.36 Å². The van der Waals surface area contributed by atoms with Crippen LogP contribution in [0.5, 0.6) is 0 Å². The SMILES string of the molecule is C=C(C)C(=O)P(=O)(OC(C)C)OC(C)C. The lowest BCUT2D eigenvalue weighted by atomic mass is 10.4. The third kappa shape index (κ3) is 4.74. The van der Waals surface area contributed by atoms with E-state index in [-0.39, 0.29) is 17.8 Å². The predicted molar refractivity (Wildman–Crippen MR) is 59.9 cm³/mol. The first kappa shape index (κ1) is 14.6. The fraction of sp³-hybridized carbons (Fsp3) is 0.700. The van der Waals surface area contributed by atoms with Gasteiger partial charge in [-0.05, 0) is 40.2 Å². The molecule has 0 saturated carbocycles. The minimum absolute atomic E-state index is 0.180. The zero-order valence-corrected chi connectivity index (χ0v) is 10.8. The van der Waals surface area contributed by atoms with Crippen molar-refractivity contribution < 1.29 is 18.4 Å². The van der Waals surface area contributed by atoms with E-state index in [0.717, 1.165) is 0 Å². The first-order chi connectivity index (χ1) is 6.69. The molecule has 0 aromatic heterocycles. The van der Waals surface area contributed by atoms with Gasteiger partial charge in [0.25, 0.3) is 5.52 Å². The van der Waals surface area contributed by atoms with Gasteiger partial charge in [0.2, 0.25) is 0 Å². The van der Waals surface area contributed by atoms with E-state index < -0.39 is 13.1 Å². The Balaban J connectivity index is 4.94. The second kappa shape index (κ2) is 5.59. The highest BCUT2D eigenvalue weighted by Crippen LogP contribution is 2.52. The van der Waals surface area contributed by atoms with Gasteiger partial charge in [0.15, 0.2) is 0 Å². The minimum atomic E-state index is -3.72. The Labute approximate surface area is 91.2 Å². The summed E-state index contributed by atoms with van der Waals surface area (Å²) in [7, 11) is -3.72. The smallest absolute Gasteiger partial charge is 0.300 e. The van der Waals surface area contributed by atoms with Crippen molar-refractivity contribution in [3.8, 4) is 0 Å². The summed E-state index contributed by atoms with van der Waals surface area (Å²) in [5, 5.41) is 0. The topological polar surface area (TPSA) is 52.6 Å². The number of carbonyl (C=O) groups is 1. The summed E-state index contributed by atoms with van der Waals surface area (Å²) in [6, 6.07) is 0. The molecule has 0 amide bonds. The van der Waals surface area contributed by atoms with E-state index in [0.29, 0.717) is 0 Å². The molecule has 0 unspecified atom stereocenters. The van der Waals surface area contributed by atoms with E-state index in [1.807, 2.05) is 0 Å². The van der Waals surface area contributed by atoms with Gasteiger partial charge in [-0.25, -0.2) is 0 Å². The van der Waals surface area contributed by atoms with Gasteiger partial charge in [0, 0.05) is 0 Å². The Morgan fingerprint density at radius 3 is 1.67 bits per heavy atom. The van der Waals surface area contributed by atoms with Crippen LogP contribution in [0.1, 0.15) is 34.6 Å². The second-order valence-electron chi connectivity index (χ2n) is 3.89. The summed E-state index contributed by atoms with van der Waals surface area (Å²) >= 11 is 0. The van der Waals surface area contributed by atoms with Crippen LogP contribution < -0.4 is 0 Å². The molecule has 5 heteroatoms. The molecule has 0 aliphatic rings. The van der Waals surface area contributed by atoms with Crippen molar-refractivity contribution in [1.29, 1.82) is 0 Å². The number of rotatable bonds is 6. The monoisotopic (exact) mass is 234 g/mol. The summed E-state index contributed by atoms with van der Waals surface area (Å²) in [5.74, 6) is 0. The normalized spacial score (nSPS) is 12.2. The van der Waals surface area contributed by atoms with Crippen LogP contribution in [0.25, 0.3) is 0 Å². The molecule has 0 bridgehead atoms. The molecule has 4 nitrogen and oxygen atoms in total. The molecule has 0 saturated heterocycles. The van der Waals surface area contributed by atoms with E-state index >= 15 is 0 Å². The fourth-order valence-electron chi connectivity index (χ4n) is 0.909. The van der Waals surface area contributed by atoms with E-state index in [1.54, 1.807) is 27.7 Å². The summed E-state index contributed by atoms with van der Waals surface area (Å²) < 4.78 is 22.3. The largest absolute Gasteiger partial charge is 0.401 e. The molecule has 0 aliphatic carbocycles. The Morgan fingerprint density at radius 1 is 1.13 bits per heavy atom. The summed E-state index contributed by atoms with van der Waals surface area (Å²) in [6.45, 7) is 11.7. The number of hydrogen-bond donors (Lipinski definition) is 0. The maximum absolute atomic E-state index is 12.1. The highest BCUT2D eigenvalue weighted by atomic mass is 31.2. The van der Waals surface area contributed by atoms with Gasteiger partial charge in [-0.15, -0.1) is 0 Å². The molecule has 0 fully saturated rings. The van der Waals surface area contributed by atoms with Gasteiger partial charge in [0.05, 0.1) is 12.2 Å². The van der Waals surface area contributed by atoms with Gasteiger partial charge >= 0.3 is 7.60 Å². The second-order valence-corrected chi connectivity index (χ2v) is 5.71. The van der Waals surface area contributed by atoms with Crippen LogP contribution in [0.2, 0.25) is 0 Å². The maximum atomic E-state index is 12.1. The van der Waals surface area contributed by atoms with Crippen LogP contribution in [0.3, 0.4) is 0 Å². The van der Waals surface area contributed by atoms with Crippen molar-refractivity contribution in [2.75, 3.05) is 0 Å².